The molecule has 158 valence electrons. The van der Waals surface area contributed by atoms with Crippen molar-refractivity contribution in [3.8, 4) is 0 Å². The lowest BCUT2D eigenvalue weighted by molar-refractivity contribution is 0.0981. The highest BCUT2D eigenvalue weighted by molar-refractivity contribution is 7.89. The third-order valence-electron chi connectivity index (χ3n) is 4.67. The van der Waals surface area contributed by atoms with Crippen molar-refractivity contribution in [1.29, 1.82) is 0 Å². The molecule has 1 amide bonds. The highest BCUT2D eigenvalue weighted by Crippen LogP contribution is 2.36. The summed E-state index contributed by atoms with van der Waals surface area (Å²) in [6.45, 7) is 3.78. The number of rotatable bonds is 7. The lowest BCUT2D eigenvalue weighted by Crippen LogP contribution is -2.33. The zero-order valence-electron chi connectivity index (χ0n) is 16.6. The van der Waals surface area contributed by atoms with Crippen molar-refractivity contribution in [3.63, 3.8) is 0 Å². The molecule has 2 aromatic heterocycles. The Morgan fingerprint density at radius 2 is 2.07 bits per heavy atom. The second-order valence-corrected chi connectivity index (χ2v) is 9.14. The van der Waals surface area contributed by atoms with Crippen LogP contribution in [0, 0.1) is 0 Å². The maximum Gasteiger partial charge on any atom is 0.407 e. The van der Waals surface area contributed by atoms with Crippen molar-refractivity contribution >= 4 is 27.8 Å². The standard InChI is InChI=1S/C18H26N6O4S/c1-11(2)21-18(25)28-13-5-4-12(8-13)15-9-17(24-23-15)22-16-7-6-14(10-20-16)29(26,27)19-3/h6-7,9-13,19H,4-5,8H2,1-3H3,(H,21,25)(H2,20,22,23,24). The molecule has 0 saturated heterocycles. The molecule has 1 aliphatic rings. The summed E-state index contributed by atoms with van der Waals surface area (Å²) in [5.74, 6) is 1.29. The van der Waals surface area contributed by atoms with Crippen molar-refractivity contribution in [2.45, 2.75) is 56.1 Å². The number of anilines is 2. The Kier molecular flexibility index (Phi) is 6.38. The molecule has 2 atom stereocenters. The maximum absolute atomic E-state index is 11.8. The van der Waals surface area contributed by atoms with Gasteiger partial charge in [-0.15, -0.1) is 0 Å². The summed E-state index contributed by atoms with van der Waals surface area (Å²) in [5, 5.41) is 13.0. The lowest BCUT2D eigenvalue weighted by Gasteiger charge is -2.14. The average Bonchev–Trinajstić information content (AvgIpc) is 3.31. The Bertz CT molecular complexity index is 942. The van der Waals surface area contributed by atoms with Gasteiger partial charge in [-0.2, -0.15) is 5.10 Å². The van der Waals surface area contributed by atoms with Gasteiger partial charge in [0, 0.05) is 29.9 Å². The molecular formula is C18H26N6O4S. The van der Waals surface area contributed by atoms with Crippen molar-refractivity contribution in [2.24, 2.45) is 0 Å². The molecule has 0 bridgehead atoms. The van der Waals surface area contributed by atoms with E-state index in [9.17, 15) is 13.2 Å². The molecule has 0 radical (unpaired) electrons. The van der Waals surface area contributed by atoms with Gasteiger partial charge < -0.3 is 15.4 Å². The molecule has 11 heteroatoms. The molecule has 1 fully saturated rings. The second-order valence-electron chi connectivity index (χ2n) is 7.26. The van der Waals surface area contributed by atoms with Gasteiger partial charge in [-0.25, -0.2) is 22.9 Å². The predicted molar refractivity (Wildman–Crippen MR) is 107 cm³/mol. The summed E-state index contributed by atoms with van der Waals surface area (Å²) in [7, 11) is -2.17. The van der Waals surface area contributed by atoms with Gasteiger partial charge in [-0.05, 0) is 52.3 Å². The zero-order chi connectivity index (χ0) is 21.0. The number of aromatic amines is 1. The van der Waals surface area contributed by atoms with Gasteiger partial charge in [0.05, 0.1) is 0 Å². The number of nitrogens with zero attached hydrogens (tertiary/aromatic N) is 2. The Morgan fingerprint density at radius 1 is 1.28 bits per heavy atom. The SMILES string of the molecule is CNS(=O)(=O)c1ccc(Nc2cc(C3CCC(OC(=O)NC(C)C)C3)[nH]n2)nc1. The molecule has 1 aliphatic carbocycles. The highest BCUT2D eigenvalue weighted by Gasteiger charge is 2.30. The van der Waals surface area contributed by atoms with Crippen LogP contribution in [0.2, 0.25) is 0 Å². The molecule has 4 N–H and O–H groups in total. The number of alkyl carbamates (subject to hydrolysis) is 1. The molecule has 2 unspecified atom stereocenters. The van der Waals surface area contributed by atoms with Crippen LogP contribution in [0.15, 0.2) is 29.3 Å². The van der Waals surface area contributed by atoms with Crippen LogP contribution in [-0.4, -0.2) is 48.9 Å². The number of sulfonamides is 1. The summed E-state index contributed by atoms with van der Waals surface area (Å²) in [5.41, 5.74) is 0.956. The van der Waals surface area contributed by atoms with E-state index in [1.54, 1.807) is 6.07 Å². The number of hydrogen-bond acceptors (Lipinski definition) is 7. The molecule has 2 heterocycles. The summed E-state index contributed by atoms with van der Waals surface area (Å²) >= 11 is 0. The van der Waals surface area contributed by atoms with Crippen LogP contribution in [0.3, 0.4) is 0 Å². The summed E-state index contributed by atoms with van der Waals surface area (Å²) in [6, 6.07) is 4.98. The summed E-state index contributed by atoms with van der Waals surface area (Å²) in [4.78, 5) is 16.0. The van der Waals surface area contributed by atoms with Crippen molar-refractivity contribution in [1.82, 2.24) is 25.2 Å². The number of carbonyl (C=O) groups is 1. The highest BCUT2D eigenvalue weighted by atomic mass is 32.2. The first-order valence-corrected chi connectivity index (χ1v) is 10.9. The van der Waals surface area contributed by atoms with Gasteiger partial charge in [0.2, 0.25) is 10.0 Å². The van der Waals surface area contributed by atoms with Crippen LogP contribution >= 0.6 is 0 Å². The molecule has 0 aliphatic heterocycles. The average molecular weight is 423 g/mol. The maximum atomic E-state index is 11.8. The van der Waals surface area contributed by atoms with E-state index in [2.05, 4.69) is 30.5 Å². The van der Waals surface area contributed by atoms with Gasteiger partial charge in [-0.1, -0.05) is 0 Å². The molecule has 29 heavy (non-hydrogen) atoms. The number of H-pyrrole nitrogens is 1. The van der Waals surface area contributed by atoms with E-state index in [-0.39, 0.29) is 29.1 Å². The smallest absolute Gasteiger partial charge is 0.407 e. The number of nitrogens with one attached hydrogen (secondary N) is 4. The van der Waals surface area contributed by atoms with E-state index in [0.717, 1.165) is 25.0 Å². The fourth-order valence-electron chi connectivity index (χ4n) is 3.22. The van der Waals surface area contributed by atoms with E-state index < -0.39 is 10.0 Å². The van der Waals surface area contributed by atoms with Crippen molar-refractivity contribution < 1.29 is 17.9 Å². The van der Waals surface area contributed by atoms with Crippen LogP contribution in [0.5, 0.6) is 0 Å². The van der Waals surface area contributed by atoms with E-state index >= 15 is 0 Å². The van der Waals surface area contributed by atoms with Gasteiger partial charge in [-0.3, -0.25) is 5.10 Å². The molecule has 3 rings (SSSR count). The molecule has 0 spiro atoms. The Balaban J connectivity index is 1.57. The lowest BCUT2D eigenvalue weighted by atomic mass is 10.0. The van der Waals surface area contributed by atoms with Crippen molar-refractivity contribution in [2.75, 3.05) is 12.4 Å². The number of pyridine rings is 1. The molecule has 10 nitrogen and oxygen atoms in total. The second kappa shape index (κ2) is 8.78. The Morgan fingerprint density at radius 3 is 2.72 bits per heavy atom. The van der Waals surface area contributed by atoms with Crippen LogP contribution in [0.25, 0.3) is 0 Å². The van der Waals surface area contributed by atoms with E-state index in [4.69, 9.17) is 4.74 Å². The number of carbonyl (C=O) groups excluding carboxylic acids is 1. The molecular weight excluding hydrogens is 396 g/mol. The Hall–Kier alpha value is -2.66. The van der Waals surface area contributed by atoms with E-state index in [1.165, 1.54) is 19.3 Å². The molecule has 0 aromatic carbocycles. The monoisotopic (exact) mass is 422 g/mol. The van der Waals surface area contributed by atoms with E-state index in [1.807, 2.05) is 19.9 Å². The fourth-order valence-corrected chi connectivity index (χ4v) is 3.90. The first-order chi connectivity index (χ1) is 13.8. The van der Waals surface area contributed by atoms with Gasteiger partial charge in [0.1, 0.15) is 16.8 Å². The third-order valence-corrected chi connectivity index (χ3v) is 6.07. The molecule has 2 aromatic rings. The molecule has 1 saturated carbocycles. The van der Waals surface area contributed by atoms with Gasteiger partial charge >= 0.3 is 6.09 Å². The van der Waals surface area contributed by atoms with Gasteiger partial charge in [0.15, 0.2) is 5.82 Å². The Labute approximate surface area is 169 Å². The first kappa shape index (κ1) is 21.1. The van der Waals surface area contributed by atoms with Gasteiger partial charge in [0.25, 0.3) is 0 Å². The normalized spacial score (nSPS) is 19.3. The largest absolute Gasteiger partial charge is 0.446 e. The van der Waals surface area contributed by atoms with E-state index in [0.29, 0.717) is 11.6 Å². The third kappa shape index (κ3) is 5.45. The summed E-state index contributed by atoms with van der Waals surface area (Å²) in [6.07, 6.45) is 3.23. The minimum absolute atomic E-state index is 0.0435. The zero-order valence-corrected chi connectivity index (χ0v) is 17.4. The van der Waals surface area contributed by atoms with Crippen LogP contribution in [0.1, 0.15) is 44.7 Å². The quantitative estimate of drug-likeness (QED) is 0.537. The minimum Gasteiger partial charge on any atom is -0.446 e. The topological polar surface area (TPSA) is 138 Å². The number of aromatic nitrogens is 3. The minimum atomic E-state index is -3.52. The van der Waals surface area contributed by atoms with Crippen LogP contribution in [-0.2, 0) is 14.8 Å². The number of hydrogen-bond donors (Lipinski definition) is 4. The fraction of sp³-hybridized carbons (Fsp3) is 0.500. The van der Waals surface area contributed by atoms with Crippen LogP contribution < -0.4 is 15.4 Å². The first-order valence-electron chi connectivity index (χ1n) is 9.46. The number of ether oxygens (including phenoxy) is 1. The predicted octanol–water partition coefficient (Wildman–Crippen LogP) is 2.23. The summed E-state index contributed by atoms with van der Waals surface area (Å²) < 4.78 is 31.2. The number of amides is 1. The van der Waals surface area contributed by atoms with Crippen molar-refractivity contribution in [3.05, 3.63) is 30.1 Å². The van der Waals surface area contributed by atoms with Crippen LogP contribution in [0.4, 0.5) is 16.4 Å².